The van der Waals surface area contributed by atoms with E-state index in [1.54, 1.807) is 0 Å². The second-order valence-corrected chi connectivity index (χ2v) is 4.92. The van der Waals surface area contributed by atoms with Gasteiger partial charge in [-0.3, -0.25) is 4.79 Å². The molecule has 1 heterocycles. The molecule has 3 nitrogen and oxygen atoms in total. The minimum Gasteiger partial charge on any atom is -0.396 e. The summed E-state index contributed by atoms with van der Waals surface area (Å²) in [4.78, 5) is 13.2. The van der Waals surface area contributed by atoms with Gasteiger partial charge in [-0.25, -0.2) is 0 Å². The molecule has 2 aliphatic rings. The first-order valence-corrected chi connectivity index (χ1v) is 5.67. The molecule has 4 heteroatoms. The fourth-order valence-electron chi connectivity index (χ4n) is 2.86. The van der Waals surface area contributed by atoms with Crippen molar-refractivity contribution in [2.45, 2.75) is 19.3 Å². The number of aliphatic hydroxyl groups is 1. The second-order valence-electron chi connectivity index (χ2n) is 4.66. The van der Waals surface area contributed by atoms with E-state index in [2.05, 4.69) is 0 Å². The van der Waals surface area contributed by atoms with E-state index in [1.165, 1.54) is 0 Å². The number of carbonyl (C=O) groups excluding carboxylic acids is 1. The van der Waals surface area contributed by atoms with Crippen LogP contribution in [-0.2, 0) is 4.79 Å². The van der Waals surface area contributed by atoms with Gasteiger partial charge in [0.1, 0.15) is 5.88 Å². The Kier molecular flexibility index (Phi) is 2.71. The quantitative estimate of drug-likeness (QED) is 0.697. The van der Waals surface area contributed by atoms with E-state index in [9.17, 15) is 4.79 Å². The lowest BCUT2D eigenvalue weighted by Gasteiger charge is -2.44. The molecule has 0 aromatic heterocycles. The maximum Gasteiger partial charge on any atom is 0.237 e. The summed E-state index contributed by atoms with van der Waals surface area (Å²) in [5.74, 6) is 0.622. The second kappa shape index (κ2) is 3.70. The zero-order valence-electron chi connectivity index (χ0n) is 8.21. The van der Waals surface area contributed by atoms with E-state index in [-0.39, 0.29) is 11.8 Å². The number of hydrogen-bond acceptors (Lipinski definition) is 2. The summed E-state index contributed by atoms with van der Waals surface area (Å²) in [6.07, 6.45) is 3.25. The van der Waals surface area contributed by atoms with Crippen LogP contribution in [0, 0.1) is 11.3 Å². The third kappa shape index (κ3) is 1.63. The Bertz CT molecular complexity index is 238. The molecule has 1 amide bonds. The monoisotopic (exact) mass is 217 g/mol. The Morgan fingerprint density at radius 2 is 2.29 bits per heavy atom. The van der Waals surface area contributed by atoms with Crippen molar-refractivity contribution in [1.29, 1.82) is 0 Å². The molecular weight excluding hydrogens is 202 g/mol. The van der Waals surface area contributed by atoms with Crippen LogP contribution in [-0.4, -0.2) is 41.5 Å². The van der Waals surface area contributed by atoms with Crippen molar-refractivity contribution in [3.8, 4) is 0 Å². The van der Waals surface area contributed by atoms with Crippen molar-refractivity contribution >= 4 is 17.5 Å². The number of aliphatic hydroxyl groups excluding tert-OH is 1. The maximum absolute atomic E-state index is 11.3. The minimum atomic E-state index is 0.0518. The molecule has 2 rings (SSSR count). The molecular formula is C10H16ClNO2. The van der Waals surface area contributed by atoms with Gasteiger partial charge < -0.3 is 10.0 Å². The molecule has 0 radical (unpaired) electrons. The normalized spacial score (nSPS) is 36.1. The molecule has 14 heavy (non-hydrogen) atoms. The molecule has 0 unspecified atom stereocenters. The van der Waals surface area contributed by atoms with E-state index in [0.717, 1.165) is 32.4 Å². The highest BCUT2D eigenvalue weighted by Crippen LogP contribution is 2.51. The topological polar surface area (TPSA) is 40.5 Å². The van der Waals surface area contributed by atoms with Crippen LogP contribution < -0.4 is 0 Å². The van der Waals surface area contributed by atoms with Crippen molar-refractivity contribution in [3.63, 3.8) is 0 Å². The summed E-state index contributed by atoms with van der Waals surface area (Å²) in [5, 5.41) is 8.95. The zero-order valence-corrected chi connectivity index (χ0v) is 8.96. The lowest BCUT2D eigenvalue weighted by atomic mass is 9.62. The van der Waals surface area contributed by atoms with Gasteiger partial charge in [-0.15, -0.1) is 11.6 Å². The van der Waals surface area contributed by atoms with Gasteiger partial charge in [0.15, 0.2) is 0 Å². The van der Waals surface area contributed by atoms with Crippen molar-refractivity contribution in [1.82, 2.24) is 4.90 Å². The zero-order chi connectivity index (χ0) is 10.2. The molecule has 1 saturated heterocycles. The fourth-order valence-corrected chi connectivity index (χ4v) is 3.03. The highest BCUT2D eigenvalue weighted by Gasteiger charge is 2.48. The van der Waals surface area contributed by atoms with Crippen LogP contribution in [0.15, 0.2) is 0 Å². The van der Waals surface area contributed by atoms with Gasteiger partial charge >= 0.3 is 0 Å². The summed E-state index contributed by atoms with van der Waals surface area (Å²) >= 11 is 5.51. The van der Waals surface area contributed by atoms with Crippen LogP contribution >= 0.6 is 11.6 Å². The van der Waals surface area contributed by atoms with E-state index in [1.807, 2.05) is 4.90 Å². The largest absolute Gasteiger partial charge is 0.396 e. The number of hydrogen-bond donors (Lipinski definition) is 1. The molecule has 80 valence electrons. The van der Waals surface area contributed by atoms with Crippen LogP contribution in [0.3, 0.4) is 0 Å². The predicted molar refractivity (Wildman–Crippen MR) is 54.2 cm³/mol. The predicted octanol–water partition coefficient (Wildman–Crippen LogP) is 0.846. The average Bonchev–Trinajstić information content (AvgIpc) is 2.58. The molecule has 0 bridgehead atoms. The Morgan fingerprint density at radius 1 is 1.57 bits per heavy atom. The van der Waals surface area contributed by atoms with Crippen molar-refractivity contribution in [2.75, 3.05) is 25.6 Å². The van der Waals surface area contributed by atoms with Crippen LogP contribution in [0.1, 0.15) is 19.3 Å². The minimum absolute atomic E-state index is 0.0518. The third-order valence-electron chi connectivity index (χ3n) is 3.61. The number of rotatable bonds is 2. The van der Waals surface area contributed by atoms with Gasteiger partial charge in [0.2, 0.25) is 5.91 Å². The molecule has 1 spiro atoms. The van der Waals surface area contributed by atoms with Crippen molar-refractivity contribution in [2.24, 2.45) is 11.3 Å². The van der Waals surface area contributed by atoms with E-state index >= 15 is 0 Å². The third-order valence-corrected chi connectivity index (χ3v) is 3.84. The number of amides is 1. The highest BCUT2D eigenvalue weighted by molar-refractivity contribution is 6.27. The Morgan fingerprint density at radius 3 is 2.86 bits per heavy atom. The summed E-state index contributed by atoms with van der Waals surface area (Å²) in [5.41, 5.74) is 0.328. The smallest absolute Gasteiger partial charge is 0.237 e. The van der Waals surface area contributed by atoms with E-state index < -0.39 is 0 Å². The number of halogens is 1. The van der Waals surface area contributed by atoms with Crippen LogP contribution in [0.5, 0.6) is 0 Å². The van der Waals surface area contributed by atoms with Gasteiger partial charge in [0.05, 0.1) is 0 Å². The summed E-state index contributed by atoms with van der Waals surface area (Å²) in [6, 6.07) is 0. The van der Waals surface area contributed by atoms with Gasteiger partial charge in [-0.2, -0.15) is 0 Å². The first kappa shape index (κ1) is 10.2. The SMILES string of the molecule is O=C(CCl)N1CCC2(CC(CO)C2)C1. The van der Waals surface area contributed by atoms with Gasteiger partial charge in [-0.1, -0.05) is 0 Å². The summed E-state index contributed by atoms with van der Waals surface area (Å²) in [7, 11) is 0. The molecule has 0 aromatic carbocycles. The average molecular weight is 218 g/mol. The Balaban J connectivity index is 1.87. The van der Waals surface area contributed by atoms with Crippen LogP contribution in [0.25, 0.3) is 0 Å². The number of likely N-dealkylation sites (tertiary alicyclic amines) is 1. The van der Waals surface area contributed by atoms with Crippen molar-refractivity contribution in [3.05, 3.63) is 0 Å². The summed E-state index contributed by atoms with van der Waals surface area (Å²) < 4.78 is 0. The van der Waals surface area contributed by atoms with E-state index in [0.29, 0.717) is 17.9 Å². The standard InChI is InChI=1S/C10H16ClNO2/c11-5-9(14)12-2-1-10(7-12)3-8(4-10)6-13/h8,13H,1-7H2. The molecule has 1 aliphatic heterocycles. The molecule has 2 fully saturated rings. The molecule has 1 saturated carbocycles. The van der Waals surface area contributed by atoms with E-state index in [4.69, 9.17) is 16.7 Å². The number of nitrogens with zero attached hydrogens (tertiary/aromatic N) is 1. The van der Waals surface area contributed by atoms with Gasteiger partial charge in [-0.05, 0) is 30.6 Å². The van der Waals surface area contributed by atoms with Crippen molar-refractivity contribution < 1.29 is 9.90 Å². The lowest BCUT2D eigenvalue weighted by molar-refractivity contribution is -0.128. The summed E-state index contributed by atoms with van der Waals surface area (Å²) in [6.45, 7) is 2.00. The molecule has 1 aliphatic carbocycles. The first-order valence-electron chi connectivity index (χ1n) is 5.14. The maximum atomic E-state index is 11.3. The Labute approximate surface area is 89.0 Å². The van der Waals surface area contributed by atoms with Crippen LogP contribution in [0.2, 0.25) is 0 Å². The Hall–Kier alpha value is -0.280. The van der Waals surface area contributed by atoms with Gasteiger partial charge in [0, 0.05) is 19.7 Å². The van der Waals surface area contributed by atoms with Crippen LogP contribution in [0.4, 0.5) is 0 Å². The molecule has 1 N–H and O–H groups in total. The number of carbonyl (C=O) groups is 1. The fraction of sp³-hybridized carbons (Fsp3) is 0.900. The number of alkyl halides is 1. The lowest BCUT2D eigenvalue weighted by Crippen LogP contribution is -2.42. The highest BCUT2D eigenvalue weighted by atomic mass is 35.5. The molecule has 0 atom stereocenters. The van der Waals surface area contributed by atoms with Gasteiger partial charge in [0.25, 0.3) is 0 Å². The first-order chi connectivity index (χ1) is 6.69. The molecule has 0 aromatic rings.